The normalized spacial score (nSPS) is 14.2. The molecule has 0 aromatic carbocycles. The number of ketones is 1. The molecular weight excluding hydrogens is 172 g/mol. The Bertz CT molecular complexity index is 272. The van der Waals surface area contributed by atoms with Gasteiger partial charge in [-0.2, -0.15) is 0 Å². The maximum atomic E-state index is 10.6. The van der Waals surface area contributed by atoms with Crippen molar-refractivity contribution in [1.29, 1.82) is 0 Å². The fourth-order valence-electron chi connectivity index (χ4n) is 0.705. The summed E-state index contributed by atoms with van der Waals surface area (Å²) >= 11 is 0. The second-order valence-electron chi connectivity index (χ2n) is 4.45. The Hall–Kier alpha value is -1.11. The molecule has 0 aromatic heterocycles. The largest absolute Gasteiger partial charge is 0.295 e. The Morgan fingerprint density at radius 2 is 1.57 bits per heavy atom. The fourth-order valence-corrected chi connectivity index (χ4v) is 0.705. The van der Waals surface area contributed by atoms with E-state index < -0.39 is 0 Å². The number of hydrogen-bond donors (Lipinski definition) is 0. The second kappa shape index (κ2) is 5.58. The monoisotopic (exact) mass is 192 g/mol. The van der Waals surface area contributed by atoms with E-state index in [0.717, 1.165) is 0 Å². The first-order chi connectivity index (χ1) is 6.34. The molecule has 0 N–H and O–H groups in total. The van der Waals surface area contributed by atoms with Crippen molar-refractivity contribution in [3.05, 3.63) is 36.0 Å². The highest BCUT2D eigenvalue weighted by molar-refractivity contribution is 5.87. The van der Waals surface area contributed by atoms with Crippen LogP contribution in [0.3, 0.4) is 0 Å². The van der Waals surface area contributed by atoms with Gasteiger partial charge in [-0.1, -0.05) is 50.6 Å². The number of carbonyl (C=O) groups is 1. The van der Waals surface area contributed by atoms with Crippen LogP contribution >= 0.6 is 0 Å². The van der Waals surface area contributed by atoms with Crippen molar-refractivity contribution in [3.8, 4) is 0 Å². The van der Waals surface area contributed by atoms with Crippen LogP contribution in [0.25, 0.3) is 0 Å². The molecule has 0 spiro atoms. The molecule has 1 nitrogen and oxygen atoms in total. The average molecular weight is 192 g/mol. The first kappa shape index (κ1) is 12.9. The molecule has 0 bridgehead atoms. The summed E-state index contributed by atoms with van der Waals surface area (Å²) < 4.78 is 0. The van der Waals surface area contributed by atoms with Crippen LogP contribution in [-0.2, 0) is 4.79 Å². The van der Waals surface area contributed by atoms with Crippen LogP contribution in [0.5, 0.6) is 0 Å². The molecule has 0 fully saturated rings. The van der Waals surface area contributed by atoms with E-state index in [4.69, 9.17) is 0 Å². The molecular formula is C13H20O. The van der Waals surface area contributed by atoms with Crippen LogP contribution in [0.4, 0.5) is 0 Å². The maximum absolute atomic E-state index is 10.6. The molecule has 0 radical (unpaired) electrons. The molecule has 0 heterocycles. The molecule has 0 aliphatic carbocycles. The summed E-state index contributed by atoms with van der Waals surface area (Å²) in [5.41, 5.74) is 1.54. The van der Waals surface area contributed by atoms with E-state index in [0.29, 0.717) is 0 Å². The van der Waals surface area contributed by atoms with Crippen LogP contribution in [0.1, 0.15) is 34.6 Å². The summed E-state index contributed by atoms with van der Waals surface area (Å²) in [6, 6.07) is 0. The molecule has 78 valence electrons. The Morgan fingerprint density at radius 1 is 1.00 bits per heavy atom. The van der Waals surface area contributed by atoms with Crippen molar-refractivity contribution in [2.45, 2.75) is 34.6 Å². The molecule has 0 amide bonds. The molecule has 0 saturated heterocycles. The minimum atomic E-state index is 0.0752. The average Bonchev–Trinajstić information content (AvgIpc) is 2.01. The standard InChI is InChI=1S/C13H20O/c1-11(13(3,4)5)9-7-6-8-10-12(2)14/h6-10H,1-5H3/b7-6+,10-8+,11-9+. The van der Waals surface area contributed by atoms with Crippen LogP contribution in [-0.4, -0.2) is 5.78 Å². The van der Waals surface area contributed by atoms with Crippen LogP contribution < -0.4 is 0 Å². The third-order valence-corrected chi connectivity index (χ3v) is 2.08. The van der Waals surface area contributed by atoms with Gasteiger partial charge in [0.2, 0.25) is 0 Å². The lowest BCUT2D eigenvalue weighted by Gasteiger charge is -2.18. The van der Waals surface area contributed by atoms with Crippen LogP contribution in [0.15, 0.2) is 36.0 Å². The molecule has 0 unspecified atom stereocenters. The number of hydrogen-bond acceptors (Lipinski definition) is 1. The van der Waals surface area contributed by atoms with Gasteiger partial charge in [0, 0.05) is 0 Å². The van der Waals surface area contributed by atoms with Crippen molar-refractivity contribution in [3.63, 3.8) is 0 Å². The van der Waals surface area contributed by atoms with Gasteiger partial charge in [-0.3, -0.25) is 4.79 Å². The third-order valence-electron chi connectivity index (χ3n) is 2.08. The minimum absolute atomic E-state index is 0.0752. The van der Waals surface area contributed by atoms with Crippen molar-refractivity contribution in [1.82, 2.24) is 0 Å². The molecule has 1 heteroatoms. The van der Waals surface area contributed by atoms with E-state index in [-0.39, 0.29) is 11.2 Å². The molecule has 0 aliphatic rings. The zero-order chi connectivity index (χ0) is 11.2. The second-order valence-corrected chi connectivity index (χ2v) is 4.45. The lowest BCUT2D eigenvalue weighted by Crippen LogP contribution is -2.05. The Balaban J connectivity index is 4.23. The highest BCUT2D eigenvalue weighted by atomic mass is 16.1. The van der Waals surface area contributed by atoms with Crippen molar-refractivity contribution >= 4 is 5.78 Å². The summed E-state index contributed by atoms with van der Waals surface area (Å²) in [4.78, 5) is 10.6. The Kier molecular flexibility index (Phi) is 5.14. The topological polar surface area (TPSA) is 17.1 Å². The smallest absolute Gasteiger partial charge is 0.152 e. The van der Waals surface area contributed by atoms with Gasteiger partial charge < -0.3 is 0 Å². The van der Waals surface area contributed by atoms with E-state index in [9.17, 15) is 4.79 Å². The molecule has 0 saturated carbocycles. The van der Waals surface area contributed by atoms with E-state index in [2.05, 4.69) is 33.8 Å². The predicted octanol–water partition coefficient (Wildman–Crippen LogP) is 3.68. The van der Waals surface area contributed by atoms with Crippen molar-refractivity contribution in [2.75, 3.05) is 0 Å². The van der Waals surface area contributed by atoms with Gasteiger partial charge >= 0.3 is 0 Å². The quantitative estimate of drug-likeness (QED) is 0.492. The number of allylic oxidation sites excluding steroid dienone is 6. The Labute approximate surface area is 87.2 Å². The lowest BCUT2D eigenvalue weighted by atomic mass is 9.87. The Morgan fingerprint density at radius 3 is 2.00 bits per heavy atom. The van der Waals surface area contributed by atoms with Gasteiger partial charge in [0.1, 0.15) is 0 Å². The zero-order valence-electron chi connectivity index (χ0n) is 9.79. The minimum Gasteiger partial charge on any atom is -0.295 e. The van der Waals surface area contributed by atoms with Gasteiger partial charge in [-0.15, -0.1) is 0 Å². The molecule has 0 rings (SSSR count). The summed E-state index contributed by atoms with van der Waals surface area (Å²) in [6.07, 6.45) is 9.21. The van der Waals surface area contributed by atoms with Crippen molar-refractivity contribution in [2.24, 2.45) is 5.41 Å². The zero-order valence-corrected chi connectivity index (χ0v) is 9.79. The molecule has 0 atom stereocenters. The SMILES string of the molecule is CC(=O)/C=C/C=C/C=C(\C)C(C)(C)C. The number of carbonyl (C=O) groups excluding carboxylic acids is 1. The maximum Gasteiger partial charge on any atom is 0.152 e. The first-order valence-electron chi connectivity index (χ1n) is 4.86. The molecule has 0 aliphatic heterocycles. The number of rotatable bonds is 3. The highest BCUT2D eigenvalue weighted by Gasteiger charge is 2.10. The van der Waals surface area contributed by atoms with E-state index in [1.807, 2.05) is 12.2 Å². The van der Waals surface area contributed by atoms with E-state index >= 15 is 0 Å². The van der Waals surface area contributed by atoms with Crippen LogP contribution in [0, 0.1) is 5.41 Å². The van der Waals surface area contributed by atoms with Crippen LogP contribution in [0.2, 0.25) is 0 Å². The van der Waals surface area contributed by atoms with Gasteiger partial charge in [0.25, 0.3) is 0 Å². The van der Waals surface area contributed by atoms with Gasteiger partial charge in [0.05, 0.1) is 0 Å². The van der Waals surface area contributed by atoms with Gasteiger partial charge in [-0.25, -0.2) is 0 Å². The summed E-state index contributed by atoms with van der Waals surface area (Å²) in [5.74, 6) is 0.0752. The van der Waals surface area contributed by atoms with Gasteiger partial charge in [-0.05, 0) is 25.3 Å². The summed E-state index contributed by atoms with van der Waals surface area (Å²) in [7, 11) is 0. The molecule has 14 heavy (non-hydrogen) atoms. The van der Waals surface area contributed by atoms with Crippen molar-refractivity contribution < 1.29 is 4.79 Å². The highest BCUT2D eigenvalue weighted by Crippen LogP contribution is 2.23. The summed E-state index contributed by atoms with van der Waals surface area (Å²) in [5, 5.41) is 0. The lowest BCUT2D eigenvalue weighted by molar-refractivity contribution is -0.112. The first-order valence-corrected chi connectivity index (χ1v) is 4.86. The summed E-state index contributed by atoms with van der Waals surface area (Å²) in [6.45, 7) is 10.2. The van der Waals surface area contributed by atoms with Gasteiger partial charge in [0.15, 0.2) is 5.78 Å². The van der Waals surface area contributed by atoms with E-state index in [1.165, 1.54) is 5.57 Å². The fraction of sp³-hybridized carbons (Fsp3) is 0.462. The van der Waals surface area contributed by atoms with E-state index in [1.54, 1.807) is 19.1 Å². The predicted molar refractivity (Wildman–Crippen MR) is 62.2 cm³/mol. The third kappa shape index (κ3) is 6.41. The molecule has 0 aromatic rings.